The Morgan fingerprint density at radius 2 is 1.38 bits per heavy atom. The maximum absolute atomic E-state index is 13.0. The Balaban J connectivity index is 0.00000580. The normalized spacial score (nSPS) is 50.0. The Labute approximate surface area is 346 Å². The monoisotopic (exact) mass is 818 g/mol. The van der Waals surface area contributed by atoms with Crippen LogP contribution >= 0.6 is 0 Å². The number of aliphatic hydroxyl groups is 8. The van der Waals surface area contributed by atoms with E-state index in [0.29, 0.717) is 44.9 Å². The van der Waals surface area contributed by atoms with E-state index in [2.05, 4.69) is 13.8 Å². The first-order valence-corrected chi connectivity index (χ1v) is 21.1. The predicted octanol–water partition coefficient (Wildman–Crippen LogP) is -3.09. The van der Waals surface area contributed by atoms with Gasteiger partial charge in [-0.2, -0.15) is 0 Å². The molecule has 8 N–H and O–H groups in total. The molecule has 0 amide bonds. The van der Waals surface area contributed by atoms with Crippen LogP contribution in [0.3, 0.4) is 0 Å². The van der Waals surface area contributed by atoms with Crippen molar-refractivity contribution in [2.24, 2.45) is 46.3 Å². The van der Waals surface area contributed by atoms with Crippen molar-refractivity contribution in [2.75, 3.05) is 13.2 Å². The van der Waals surface area contributed by atoms with E-state index in [9.17, 15) is 53.8 Å². The van der Waals surface area contributed by atoms with Crippen molar-refractivity contribution in [3.05, 3.63) is 0 Å². The Morgan fingerprint density at radius 1 is 0.800 bits per heavy atom. The van der Waals surface area contributed by atoms with Crippen LogP contribution in [0.15, 0.2) is 0 Å². The van der Waals surface area contributed by atoms with Gasteiger partial charge in [0.25, 0.3) is 0 Å². The van der Waals surface area contributed by atoms with Crippen LogP contribution in [0, 0.1) is 46.3 Å². The van der Waals surface area contributed by atoms with Gasteiger partial charge in [-0.15, -0.1) is 0 Å². The van der Waals surface area contributed by atoms with Gasteiger partial charge in [-0.05, 0) is 91.8 Å². The van der Waals surface area contributed by atoms with Gasteiger partial charge in [0.1, 0.15) is 36.6 Å². The summed E-state index contributed by atoms with van der Waals surface area (Å²) in [6.07, 6.45) is -9.36. The molecule has 0 unspecified atom stereocenters. The molecule has 0 aromatic rings. The molecule has 18 heteroatoms. The van der Waals surface area contributed by atoms with Crippen LogP contribution in [0.25, 0.3) is 0 Å². The van der Waals surface area contributed by atoms with Gasteiger partial charge in [-0.3, -0.25) is 4.18 Å². The molecule has 6 fully saturated rings. The quantitative estimate of drug-likeness (QED) is 0.0445. The molecule has 0 radical (unpaired) electrons. The molecule has 4 saturated carbocycles. The Morgan fingerprint density at radius 3 is 1.98 bits per heavy atom. The summed E-state index contributed by atoms with van der Waals surface area (Å²) in [4.78, 5) is 0. The fraction of sp³-hybridized carbons (Fsp3) is 1.00. The summed E-state index contributed by atoms with van der Waals surface area (Å²) < 4.78 is 65.2. The van der Waals surface area contributed by atoms with Crippen molar-refractivity contribution in [2.45, 2.75) is 172 Å². The number of rotatable bonds is 11. The largest absolute Gasteiger partial charge is 1.00 e. The summed E-state index contributed by atoms with van der Waals surface area (Å²) in [5, 5.41) is 85.8. The second-order valence-corrected chi connectivity index (χ2v) is 19.3. The average molecular weight is 819 g/mol. The zero-order valence-corrected chi connectivity index (χ0v) is 35.7. The molecule has 0 aromatic heterocycles. The Kier molecular flexibility index (Phi) is 14.7. The molecule has 2 saturated heterocycles. The van der Waals surface area contributed by atoms with Crippen molar-refractivity contribution in [1.29, 1.82) is 0 Å². The first kappa shape index (κ1) is 46.5. The molecule has 0 bridgehead atoms. The average Bonchev–Trinajstić information content (AvgIpc) is 3.38. The van der Waals surface area contributed by atoms with Gasteiger partial charge >= 0.3 is 29.6 Å². The summed E-state index contributed by atoms with van der Waals surface area (Å²) in [7, 11) is -5.15. The van der Waals surface area contributed by atoms with Crippen molar-refractivity contribution >= 4 is 10.4 Å². The number of fused-ring (bicyclic) bond motifs is 5. The molecular weight excluding hydrogens is 755 g/mol. The van der Waals surface area contributed by atoms with Gasteiger partial charge in [0.2, 0.25) is 10.4 Å². The van der Waals surface area contributed by atoms with E-state index in [0.717, 1.165) is 0 Å². The van der Waals surface area contributed by atoms with Crippen molar-refractivity contribution in [3.8, 4) is 0 Å². The molecule has 2 heterocycles. The first-order chi connectivity index (χ1) is 25.1. The fourth-order valence-corrected chi connectivity index (χ4v) is 12.6. The Hall–Kier alpha value is 0.390. The minimum Gasteiger partial charge on any atom is -0.726 e. The second-order valence-electron chi connectivity index (χ2n) is 18.3. The van der Waals surface area contributed by atoms with Gasteiger partial charge < -0.3 is 64.4 Å². The summed E-state index contributed by atoms with van der Waals surface area (Å²) in [5.74, 6) is -1.64. The van der Waals surface area contributed by atoms with Crippen LogP contribution in [0.4, 0.5) is 0 Å². The zero-order chi connectivity index (χ0) is 39.7. The van der Waals surface area contributed by atoms with Crippen molar-refractivity contribution in [1.82, 2.24) is 0 Å². The number of hydrogen-bond donors (Lipinski definition) is 8. The van der Waals surface area contributed by atoms with E-state index in [1.54, 1.807) is 0 Å². The molecule has 0 aromatic carbocycles. The minimum absolute atomic E-state index is 0. The van der Waals surface area contributed by atoms with E-state index >= 15 is 0 Å². The van der Waals surface area contributed by atoms with Crippen LogP contribution < -0.4 is 29.6 Å². The number of ether oxygens (including phenoxy) is 4. The smallest absolute Gasteiger partial charge is 0.726 e. The molecule has 0 spiro atoms. The van der Waals surface area contributed by atoms with Crippen molar-refractivity contribution in [3.63, 3.8) is 0 Å². The topological polar surface area (TPSA) is 265 Å². The summed E-state index contributed by atoms with van der Waals surface area (Å²) in [5.41, 5.74) is -2.79. The molecule has 314 valence electrons. The maximum atomic E-state index is 13.0. The minimum atomic E-state index is -5.15. The molecule has 20 atom stereocenters. The first-order valence-electron chi connectivity index (χ1n) is 19.8. The summed E-state index contributed by atoms with van der Waals surface area (Å²) >= 11 is 0. The van der Waals surface area contributed by atoms with Gasteiger partial charge in [0, 0.05) is 12.3 Å². The third-order valence-corrected chi connectivity index (χ3v) is 15.3. The summed E-state index contributed by atoms with van der Waals surface area (Å²) in [6.45, 7) is 9.70. The fourth-order valence-electron chi connectivity index (χ4n) is 12.1. The standard InChI is InChI=1S/C37H64O16S.Na/c1-17(2)25(52-34-31(44)29(42)24(40)16-50-34)7-6-18(3)20-13-26(53-54(46,47)48)32-36(20,5)11-9-27-35(4)10-8-19(12-21(35)22(38)14-37(27,32)45)51-33-30(43)28(41)23(39)15-49-33;/h17-34,38-45H,6-16H2,1-5H3,(H,46,47,48);/q;+1/p-1/t18-,19+,20-,21-,22-,23-,24-,25+,26+,27-,28+,29+,30-,31-,32-,33+,34+,35+,36-,37+;/m1./s1. The Bertz CT molecular complexity index is 1410. The zero-order valence-electron chi connectivity index (χ0n) is 32.9. The van der Waals surface area contributed by atoms with E-state index < -0.39 is 100 Å². The van der Waals surface area contributed by atoms with Gasteiger partial charge in [-0.25, -0.2) is 8.42 Å². The van der Waals surface area contributed by atoms with Crippen LogP contribution in [0.5, 0.6) is 0 Å². The van der Waals surface area contributed by atoms with Gasteiger partial charge in [-0.1, -0.05) is 34.6 Å². The second kappa shape index (κ2) is 17.4. The van der Waals surface area contributed by atoms with E-state index in [1.807, 2.05) is 20.8 Å². The van der Waals surface area contributed by atoms with E-state index in [1.165, 1.54) is 0 Å². The molecule has 6 aliphatic rings. The van der Waals surface area contributed by atoms with Crippen molar-refractivity contribution < 1.29 is 107 Å². The predicted molar refractivity (Wildman–Crippen MR) is 187 cm³/mol. The third-order valence-electron chi connectivity index (χ3n) is 14.8. The van der Waals surface area contributed by atoms with E-state index in [-0.39, 0.29) is 91.3 Å². The number of hydrogen-bond acceptors (Lipinski definition) is 16. The maximum Gasteiger partial charge on any atom is 1.00 e. The molecular formula is C37H63NaO16S. The van der Waals surface area contributed by atoms with Gasteiger partial charge in [0.15, 0.2) is 12.6 Å². The van der Waals surface area contributed by atoms with Crippen LogP contribution in [-0.4, -0.2) is 146 Å². The van der Waals surface area contributed by atoms with Crippen LogP contribution in [-0.2, 0) is 33.5 Å². The van der Waals surface area contributed by atoms with Crippen LogP contribution in [0.2, 0.25) is 0 Å². The summed E-state index contributed by atoms with van der Waals surface area (Å²) in [6, 6.07) is 0. The molecule has 4 aliphatic carbocycles. The molecule has 55 heavy (non-hydrogen) atoms. The van der Waals surface area contributed by atoms with Gasteiger partial charge in [0.05, 0.1) is 43.2 Å². The van der Waals surface area contributed by atoms with E-state index in [4.69, 9.17) is 23.1 Å². The SMILES string of the molecule is CC(C)[C@H](CC[C@@H](C)[C@H]1C[C@H](OS(=O)(=O)[O-])[C@@H]2[C@]1(C)CC[C@@H]1[C@@]3(C)CC[C@H](O[C@@H]4OC[C@@H](O)[C@H](O)[C@H]4O)C[C@@H]3[C@H](O)C[C@]12O)O[C@@H]1OC[C@@H](O)[C@H](O)[C@H]1O.[Na+]. The third kappa shape index (κ3) is 8.92. The molecule has 16 nitrogen and oxygen atoms in total. The number of aliphatic hydroxyl groups excluding tert-OH is 7. The van der Waals surface area contributed by atoms with Crippen LogP contribution in [0.1, 0.15) is 92.4 Å². The molecule has 2 aliphatic heterocycles. The molecule has 6 rings (SSSR count).